The maximum Gasteiger partial charge on any atom is 0.374 e. The summed E-state index contributed by atoms with van der Waals surface area (Å²) in [6.45, 7) is 2.00. The van der Waals surface area contributed by atoms with Gasteiger partial charge in [0.15, 0.2) is 0 Å². The maximum atomic E-state index is 11.9. The molecule has 0 aliphatic heterocycles. The van der Waals surface area contributed by atoms with E-state index in [-0.39, 0.29) is 12.4 Å². The van der Waals surface area contributed by atoms with Gasteiger partial charge in [0.05, 0.1) is 13.2 Å². The molecule has 2 aromatic heterocycles. The van der Waals surface area contributed by atoms with E-state index >= 15 is 0 Å². The molecule has 5 nitrogen and oxygen atoms in total. The largest absolute Gasteiger partial charge is 0.460 e. The third-order valence-corrected chi connectivity index (χ3v) is 3.86. The van der Waals surface area contributed by atoms with Gasteiger partial charge in [-0.1, -0.05) is 6.07 Å². The molecule has 5 heteroatoms. The number of aliphatic hydroxyl groups is 1. The fourth-order valence-electron chi connectivity index (χ4n) is 2.84. The summed E-state index contributed by atoms with van der Waals surface area (Å²) < 4.78 is 16.4. The maximum absolute atomic E-state index is 11.9. The van der Waals surface area contributed by atoms with Crippen molar-refractivity contribution in [3.05, 3.63) is 47.7 Å². The number of benzene rings is 2. The zero-order valence-electron chi connectivity index (χ0n) is 12.5. The van der Waals surface area contributed by atoms with Crippen LogP contribution in [0.5, 0.6) is 0 Å². The molecule has 2 heterocycles. The SMILES string of the molecule is CCOC(=O)c1cc2c(ccc3oc4ccc(CO)cc4c32)o1. The summed E-state index contributed by atoms with van der Waals surface area (Å²) in [4.78, 5) is 11.9. The molecule has 0 fully saturated rings. The summed E-state index contributed by atoms with van der Waals surface area (Å²) in [5.74, 6) is -0.317. The van der Waals surface area contributed by atoms with Crippen molar-refractivity contribution in [2.75, 3.05) is 6.61 Å². The number of furan rings is 2. The Kier molecular flexibility index (Phi) is 3.09. The molecule has 0 atom stereocenters. The quantitative estimate of drug-likeness (QED) is 0.579. The van der Waals surface area contributed by atoms with Gasteiger partial charge < -0.3 is 18.7 Å². The van der Waals surface area contributed by atoms with Gasteiger partial charge in [-0.15, -0.1) is 0 Å². The molecular formula is C18H14O5. The summed E-state index contributed by atoms with van der Waals surface area (Å²) >= 11 is 0. The lowest BCUT2D eigenvalue weighted by Gasteiger charge is -1.95. The smallest absolute Gasteiger partial charge is 0.374 e. The van der Waals surface area contributed by atoms with Crippen LogP contribution in [0.1, 0.15) is 23.0 Å². The van der Waals surface area contributed by atoms with Crippen LogP contribution in [0.25, 0.3) is 32.9 Å². The van der Waals surface area contributed by atoms with Gasteiger partial charge in [0.2, 0.25) is 5.76 Å². The predicted octanol–water partition coefficient (Wildman–Crippen LogP) is 4.00. The number of ether oxygens (including phenoxy) is 1. The minimum absolute atomic E-state index is 0.0436. The summed E-state index contributed by atoms with van der Waals surface area (Å²) in [5.41, 5.74) is 2.83. The van der Waals surface area contributed by atoms with Crippen LogP contribution in [-0.4, -0.2) is 17.7 Å². The Morgan fingerprint density at radius 1 is 1.04 bits per heavy atom. The first-order valence-electron chi connectivity index (χ1n) is 7.37. The normalized spacial score (nSPS) is 11.6. The number of hydrogen-bond acceptors (Lipinski definition) is 5. The van der Waals surface area contributed by atoms with Crippen LogP contribution in [0.4, 0.5) is 0 Å². The van der Waals surface area contributed by atoms with Crippen LogP contribution in [0.3, 0.4) is 0 Å². The Morgan fingerprint density at radius 2 is 1.74 bits per heavy atom. The third-order valence-electron chi connectivity index (χ3n) is 3.86. The second kappa shape index (κ2) is 5.14. The van der Waals surface area contributed by atoms with Crippen molar-refractivity contribution in [1.82, 2.24) is 0 Å². The van der Waals surface area contributed by atoms with Crippen LogP contribution in [0.15, 0.2) is 45.2 Å². The number of aliphatic hydroxyl groups excluding tert-OH is 1. The molecule has 23 heavy (non-hydrogen) atoms. The van der Waals surface area contributed by atoms with Crippen LogP contribution >= 0.6 is 0 Å². The van der Waals surface area contributed by atoms with Gasteiger partial charge in [-0.3, -0.25) is 0 Å². The predicted molar refractivity (Wildman–Crippen MR) is 85.4 cm³/mol. The van der Waals surface area contributed by atoms with Crippen molar-refractivity contribution < 1.29 is 23.5 Å². The highest BCUT2D eigenvalue weighted by Crippen LogP contribution is 2.36. The molecule has 0 unspecified atom stereocenters. The van der Waals surface area contributed by atoms with E-state index < -0.39 is 5.97 Å². The molecule has 0 aliphatic rings. The van der Waals surface area contributed by atoms with Crippen molar-refractivity contribution in [2.45, 2.75) is 13.5 Å². The highest BCUT2D eigenvalue weighted by molar-refractivity contribution is 6.18. The van der Waals surface area contributed by atoms with Gasteiger partial charge >= 0.3 is 5.97 Å². The molecule has 2 aromatic carbocycles. The van der Waals surface area contributed by atoms with Gasteiger partial charge in [-0.25, -0.2) is 4.79 Å². The standard InChI is InChI=1S/C18H14O5/c1-2-21-18(20)16-8-12-14(23-16)5-6-15-17(12)11-7-10(9-19)3-4-13(11)22-15/h3-8,19H,2,9H2,1H3. The number of carbonyl (C=O) groups excluding carboxylic acids is 1. The number of esters is 1. The Balaban J connectivity index is 2.03. The van der Waals surface area contributed by atoms with Crippen LogP contribution in [-0.2, 0) is 11.3 Å². The highest BCUT2D eigenvalue weighted by Gasteiger charge is 2.18. The Hall–Kier alpha value is -2.79. The van der Waals surface area contributed by atoms with E-state index in [1.807, 2.05) is 24.3 Å². The second-order valence-electron chi connectivity index (χ2n) is 5.27. The lowest BCUT2D eigenvalue weighted by Crippen LogP contribution is -2.02. The van der Waals surface area contributed by atoms with Gasteiger partial charge in [0.25, 0.3) is 0 Å². The van der Waals surface area contributed by atoms with E-state index in [0.29, 0.717) is 17.8 Å². The molecule has 0 aliphatic carbocycles. The molecule has 0 bridgehead atoms. The zero-order chi connectivity index (χ0) is 16.0. The van der Waals surface area contributed by atoms with Crippen molar-refractivity contribution in [3.8, 4) is 0 Å². The number of fused-ring (bicyclic) bond motifs is 5. The zero-order valence-corrected chi connectivity index (χ0v) is 12.5. The van der Waals surface area contributed by atoms with Gasteiger partial charge in [-0.05, 0) is 36.8 Å². The summed E-state index contributed by atoms with van der Waals surface area (Å²) in [5, 5.41) is 11.9. The summed E-state index contributed by atoms with van der Waals surface area (Å²) in [6, 6.07) is 10.8. The van der Waals surface area contributed by atoms with Crippen molar-refractivity contribution in [3.63, 3.8) is 0 Å². The molecule has 116 valence electrons. The average Bonchev–Trinajstić information content (AvgIpc) is 3.14. The fourth-order valence-corrected chi connectivity index (χ4v) is 2.84. The molecule has 0 saturated carbocycles. The second-order valence-corrected chi connectivity index (χ2v) is 5.27. The first-order chi connectivity index (χ1) is 11.2. The lowest BCUT2D eigenvalue weighted by molar-refractivity contribution is 0.0492. The van der Waals surface area contributed by atoms with Crippen molar-refractivity contribution in [1.29, 1.82) is 0 Å². The van der Waals surface area contributed by atoms with E-state index in [1.165, 1.54) is 0 Å². The Bertz CT molecular complexity index is 1040. The first-order valence-corrected chi connectivity index (χ1v) is 7.37. The molecule has 4 aromatic rings. The van der Waals surface area contributed by atoms with E-state index in [1.54, 1.807) is 19.1 Å². The minimum Gasteiger partial charge on any atom is -0.460 e. The van der Waals surface area contributed by atoms with Crippen molar-refractivity contribution >= 4 is 38.9 Å². The Morgan fingerprint density at radius 3 is 2.52 bits per heavy atom. The highest BCUT2D eigenvalue weighted by atomic mass is 16.5. The average molecular weight is 310 g/mol. The molecule has 0 radical (unpaired) electrons. The monoisotopic (exact) mass is 310 g/mol. The lowest BCUT2D eigenvalue weighted by atomic mass is 10.1. The van der Waals surface area contributed by atoms with E-state index in [4.69, 9.17) is 13.6 Å². The summed E-state index contributed by atoms with van der Waals surface area (Å²) in [6.07, 6.45) is 0. The van der Waals surface area contributed by atoms with E-state index in [2.05, 4.69) is 0 Å². The molecule has 0 spiro atoms. The molecule has 0 amide bonds. The number of carbonyl (C=O) groups is 1. The Labute approximate surface area is 131 Å². The van der Waals surface area contributed by atoms with Crippen LogP contribution in [0.2, 0.25) is 0 Å². The minimum atomic E-state index is -0.485. The van der Waals surface area contributed by atoms with Gasteiger partial charge in [0.1, 0.15) is 16.7 Å². The van der Waals surface area contributed by atoms with E-state index in [9.17, 15) is 9.90 Å². The fraction of sp³-hybridized carbons (Fsp3) is 0.167. The van der Waals surface area contributed by atoms with Crippen LogP contribution < -0.4 is 0 Å². The van der Waals surface area contributed by atoms with Crippen LogP contribution in [0, 0.1) is 0 Å². The van der Waals surface area contributed by atoms with Gasteiger partial charge in [-0.2, -0.15) is 0 Å². The van der Waals surface area contributed by atoms with E-state index in [0.717, 1.165) is 27.3 Å². The topological polar surface area (TPSA) is 72.8 Å². The molecule has 4 rings (SSSR count). The molecule has 1 N–H and O–H groups in total. The first kappa shape index (κ1) is 13.8. The third kappa shape index (κ3) is 2.09. The number of rotatable bonds is 3. The molecule has 0 saturated heterocycles. The molecular weight excluding hydrogens is 296 g/mol. The number of hydrogen-bond donors (Lipinski definition) is 1. The van der Waals surface area contributed by atoms with Gasteiger partial charge in [0, 0.05) is 22.2 Å². The summed E-state index contributed by atoms with van der Waals surface area (Å²) in [7, 11) is 0. The van der Waals surface area contributed by atoms with Crippen molar-refractivity contribution in [2.24, 2.45) is 0 Å².